The molecule has 2 aromatic carbocycles. The van der Waals surface area contributed by atoms with Crippen molar-refractivity contribution in [2.24, 2.45) is 0 Å². The Morgan fingerprint density at radius 2 is 1.65 bits per heavy atom. The first-order chi connectivity index (χ1) is 12.6. The number of carbonyl (C=O) groups excluding carboxylic acids is 1. The van der Waals surface area contributed by atoms with Crippen LogP contribution in [0.2, 0.25) is 0 Å². The molecule has 1 heterocycles. The van der Waals surface area contributed by atoms with E-state index in [1.165, 1.54) is 19.2 Å². The third kappa shape index (κ3) is 4.03. The summed E-state index contributed by atoms with van der Waals surface area (Å²) >= 11 is 0. The maximum atomic E-state index is 13.1. The van der Waals surface area contributed by atoms with Crippen LogP contribution in [0.4, 0.5) is 4.39 Å². The first-order valence-corrected chi connectivity index (χ1v) is 8.01. The zero-order valence-electron chi connectivity index (χ0n) is 14.3. The van der Waals surface area contributed by atoms with E-state index in [1.807, 2.05) is 12.1 Å². The van der Waals surface area contributed by atoms with Crippen LogP contribution < -0.4 is 4.74 Å². The highest BCUT2D eigenvalue weighted by atomic mass is 19.1. The fourth-order valence-electron chi connectivity index (χ4n) is 2.38. The molecule has 0 saturated heterocycles. The molecule has 0 spiro atoms. The molecule has 0 unspecified atom stereocenters. The van der Waals surface area contributed by atoms with Gasteiger partial charge in [0.1, 0.15) is 11.6 Å². The number of halogens is 1. The molecule has 0 saturated carbocycles. The van der Waals surface area contributed by atoms with Crippen molar-refractivity contribution >= 4 is 5.97 Å². The van der Waals surface area contributed by atoms with Gasteiger partial charge in [-0.15, -0.1) is 0 Å². The molecule has 0 aliphatic carbocycles. The second kappa shape index (κ2) is 7.74. The van der Waals surface area contributed by atoms with E-state index in [0.29, 0.717) is 17.3 Å². The molecule has 1 atom stereocenters. The molecule has 3 aromatic rings. The van der Waals surface area contributed by atoms with Crippen molar-refractivity contribution in [1.29, 1.82) is 0 Å². The molecule has 132 valence electrons. The van der Waals surface area contributed by atoms with Crippen LogP contribution in [-0.2, 0) is 9.53 Å². The second-order valence-corrected chi connectivity index (χ2v) is 5.58. The van der Waals surface area contributed by atoms with Gasteiger partial charge in [-0.05, 0) is 61.5 Å². The quantitative estimate of drug-likeness (QED) is 0.652. The van der Waals surface area contributed by atoms with Gasteiger partial charge in [-0.1, -0.05) is 0 Å². The Hall–Kier alpha value is -3.28. The SMILES string of the molecule is COC(=O)[C@@H](C)Oc1ccc(-c2nccc(-c3ccc(F)cc3)n2)cc1. The summed E-state index contributed by atoms with van der Waals surface area (Å²) in [6.07, 6.45) is 0.967. The number of methoxy groups -OCH3 is 1. The summed E-state index contributed by atoms with van der Waals surface area (Å²) in [6.45, 7) is 1.62. The fourth-order valence-corrected chi connectivity index (χ4v) is 2.38. The van der Waals surface area contributed by atoms with Crippen molar-refractivity contribution in [3.8, 4) is 28.4 Å². The van der Waals surface area contributed by atoms with E-state index in [-0.39, 0.29) is 5.82 Å². The fraction of sp³-hybridized carbons (Fsp3) is 0.150. The van der Waals surface area contributed by atoms with E-state index in [9.17, 15) is 9.18 Å². The Morgan fingerprint density at radius 1 is 1.00 bits per heavy atom. The van der Waals surface area contributed by atoms with Crippen LogP contribution in [0, 0.1) is 5.82 Å². The smallest absolute Gasteiger partial charge is 0.346 e. The number of hydrogen-bond acceptors (Lipinski definition) is 5. The molecule has 3 rings (SSSR count). The van der Waals surface area contributed by atoms with Crippen LogP contribution in [-0.4, -0.2) is 29.2 Å². The molecular weight excluding hydrogens is 335 g/mol. The number of aromatic nitrogens is 2. The lowest BCUT2D eigenvalue weighted by Crippen LogP contribution is -2.24. The van der Waals surface area contributed by atoms with Gasteiger partial charge in [0.2, 0.25) is 0 Å². The topological polar surface area (TPSA) is 61.3 Å². The van der Waals surface area contributed by atoms with Crippen LogP contribution in [0.5, 0.6) is 5.75 Å². The maximum Gasteiger partial charge on any atom is 0.346 e. The molecule has 6 heteroatoms. The number of esters is 1. The molecule has 0 N–H and O–H groups in total. The van der Waals surface area contributed by atoms with E-state index in [4.69, 9.17) is 4.74 Å². The third-order valence-corrected chi connectivity index (χ3v) is 3.75. The van der Waals surface area contributed by atoms with Gasteiger partial charge in [0.05, 0.1) is 12.8 Å². The van der Waals surface area contributed by atoms with Gasteiger partial charge in [-0.25, -0.2) is 19.2 Å². The van der Waals surface area contributed by atoms with Crippen molar-refractivity contribution in [1.82, 2.24) is 9.97 Å². The number of carbonyl (C=O) groups is 1. The Labute approximate surface area is 150 Å². The standard InChI is InChI=1S/C20H17FN2O3/c1-13(20(24)25-2)26-17-9-5-15(6-10-17)19-22-12-11-18(23-19)14-3-7-16(21)8-4-14/h3-13H,1-2H3/t13-/m1/s1. The molecule has 0 aliphatic heterocycles. The second-order valence-electron chi connectivity index (χ2n) is 5.58. The summed E-state index contributed by atoms with van der Waals surface area (Å²) in [6, 6.07) is 15.0. The number of rotatable bonds is 5. The minimum absolute atomic E-state index is 0.292. The van der Waals surface area contributed by atoms with Crippen LogP contribution in [0.15, 0.2) is 60.8 Å². The molecule has 26 heavy (non-hydrogen) atoms. The summed E-state index contributed by atoms with van der Waals surface area (Å²) in [4.78, 5) is 20.2. The average molecular weight is 352 g/mol. The minimum atomic E-state index is -0.691. The summed E-state index contributed by atoms with van der Waals surface area (Å²) in [5.74, 6) is 0.352. The van der Waals surface area contributed by atoms with E-state index in [0.717, 1.165) is 11.1 Å². The Kier molecular flexibility index (Phi) is 5.22. The zero-order chi connectivity index (χ0) is 18.5. The molecule has 1 aromatic heterocycles. The van der Waals surface area contributed by atoms with E-state index >= 15 is 0 Å². The Bertz CT molecular complexity index is 896. The molecule has 0 aliphatic rings. The summed E-state index contributed by atoms with van der Waals surface area (Å²) in [5.41, 5.74) is 2.31. The minimum Gasteiger partial charge on any atom is -0.479 e. The highest BCUT2D eigenvalue weighted by molar-refractivity contribution is 5.74. The van der Waals surface area contributed by atoms with E-state index < -0.39 is 12.1 Å². The van der Waals surface area contributed by atoms with Gasteiger partial charge in [0.15, 0.2) is 11.9 Å². The Balaban J connectivity index is 1.80. The maximum absolute atomic E-state index is 13.1. The molecule has 0 radical (unpaired) electrons. The van der Waals surface area contributed by atoms with Crippen molar-refractivity contribution in [3.63, 3.8) is 0 Å². The molecular formula is C20H17FN2O3. The van der Waals surface area contributed by atoms with Crippen LogP contribution in [0.25, 0.3) is 22.6 Å². The van der Waals surface area contributed by atoms with Crippen molar-refractivity contribution < 1.29 is 18.7 Å². The van der Waals surface area contributed by atoms with Crippen molar-refractivity contribution in [3.05, 3.63) is 66.6 Å². The van der Waals surface area contributed by atoms with Gasteiger partial charge >= 0.3 is 5.97 Å². The predicted molar refractivity (Wildman–Crippen MR) is 95.0 cm³/mol. The number of nitrogens with zero attached hydrogens (tertiary/aromatic N) is 2. The monoisotopic (exact) mass is 352 g/mol. The Morgan fingerprint density at radius 3 is 2.31 bits per heavy atom. The molecule has 0 bridgehead atoms. The lowest BCUT2D eigenvalue weighted by molar-refractivity contribution is -0.147. The summed E-state index contributed by atoms with van der Waals surface area (Å²) in [5, 5.41) is 0. The largest absolute Gasteiger partial charge is 0.479 e. The lowest BCUT2D eigenvalue weighted by Gasteiger charge is -2.12. The van der Waals surface area contributed by atoms with Crippen LogP contribution >= 0.6 is 0 Å². The molecule has 5 nitrogen and oxygen atoms in total. The van der Waals surface area contributed by atoms with Gasteiger partial charge in [-0.2, -0.15) is 0 Å². The van der Waals surface area contributed by atoms with E-state index in [2.05, 4.69) is 14.7 Å². The summed E-state index contributed by atoms with van der Waals surface area (Å²) < 4.78 is 23.2. The van der Waals surface area contributed by atoms with E-state index in [1.54, 1.807) is 43.5 Å². The average Bonchev–Trinajstić information content (AvgIpc) is 2.68. The van der Waals surface area contributed by atoms with Crippen molar-refractivity contribution in [2.75, 3.05) is 7.11 Å². The first-order valence-electron chi connectivity index (χ1n) is 8.01. The first kappa shape index (κ1) is 17.5. The van der Waals surface area contributed by atoms with Gasteiger partial charge in [0.25, 0.3) is 0 Å². The molecule has 0 amide bonds. The normalized spacial score (nSPS) is 11.7. The number of benzene rings is 2. The van der Waals surface area contributed by atoms with Crippen LogP contribution in [0.3, 0.4) is 0 Å². The lowest BCUT2D eigenvalue weighted by atomic mass is 10.1. The summed E-state index contributed by atoms with van der Waals surface area (Å²) in [7, 11) is 1.32. The zero-order valence-corrected chi connectivity index (χ0v) is 14.3. The van der Waals surface area contributed by atoms with Gasteiger partial charge in [0, 0.05) is 17.3 Å². The highest BCUT2D eigenvalue weighted by Crippen LogP contribution is 2.23. The number of hydrogen-bond donors (Lipinski definition) is 0. The predicted octanol–water partition coefficient (Wildman–Crippen LogP) is 3.89. The van der Waals surface area contributed by atoms with Gasteiger partial charge < -0.3 is 9.47 Å². The van der Waals surface area contributed by atoms with Gasteiger partial charge in [-0.3, -0.25) is 0 Å². The number of ether oxygens (including phenoxy) is 2. The highest BCUT2D eigenvalue weighted by Gasteiger charge is 2.14. The van der Waals surface area contributed by atoms with Crippen LogP contribution in [0.1, 0.15) is 6.92 Å². The molecule has 0 fully saturated rings. The van der Waals surface area contributed by atoms with Crippen molar-refractivity contribution in [2.45, 2.75) is 13.0 Å². The third-order valence-electron chi connectivity index (χ3n) is 3.75.